The molecule has 0 saturated carbocycles. The van der Waals surface area contributed by atoms with E-state index in [9.17, 15) is 8.42 Å². The zero-order valence-electron chi connectivity index (χ0n) is 11.7. The predicted molar refractivity (Wildman–Crippen MR) is 96.5 cm³/mol. The first-order chi connectivity index (χ1) is 9.47. The number of aliphatic imine (C=N–C) groups is 1. The molecule has 0 unspecified atom stereocenters. The first kappa shape index (κ1) is 18.7. The molecule has 1 fully saturated rings. The van der Waals surface area contributed by atoms with Gasteiger partial charge in [-0.05, 0) is 25.0 Å². The third kappa shape index (κ3) is 5.72. The minimum Gasteiger partial charge on any atom is -0.370 e. The SMILES string of the molecule is I.NC(=NCc1ccc(S(N)(=O)=O)s1)N1CCCCCC1. The molecular formula is C12H21IN4O2S2. The Balaban J connectivity index is 0.00000220. The highest BCUT2D eigenvalue weighted by molar-refractivity contribution is 14.0. The van der Waals surface area contributed by atoms with E-state index in [1.165, 1.54) is 18.9 Å². The van der Waals surface area contributed by atoms with Crippen molar-refractivity contribution in [3.8, 4) is 0 Å². The molecule has 1 aromatic heterocycles. The number of nitrogens with two attached hydrogens (primary N) is 2. The van der Waals surface area contributed by atoms with Gasteiger partial charge in [0.15, 0.2) is 5.96 Å². The number of halogens is 1. The van der Waals surface area contributed by atoms with Crippen molar-refractivity contribution < 1.29 is 8.42 Å². The summed E-state index contributed by atoms with van der Waals surface area (Å²) in [7, 11) is -3.62. The Bertz CT molecular complexity index is 578. The van der Waals surface area contributed by atoms with E-state index < -0.39 is 10.0 Å². The summed E-state index contributed by atoms with van der Waals surface area (Å²) in [5.41, 5.74) is 6.00. The van der Waals surface area contributed by atoms with Crippen LogP contribution in [0.1, 0.15) is 30.6 Å². The second kappa shape index (κ2) is 8.30. The van der Waals surface area contributed by atoms with E-state index >= 15 is 0 Å². The van der Waals surface area contributed by atoms with Gasteiger partial charge in [0.25, 0.3) is 0 Å². The average molecular weight is 444 g/mol. The highest BCUT2D eigenvalue weighted by Gasteiger charge is 2.13. The molecule has 0 aliphatic carbocycles. The Kier molecular flexibility index (Phi) is 7.37. The smallest absolute Gasteiger partial charge is 0.247 e. The molecular weight excluding hydrogens is 423 g/mol. The Labute approximate surface area is 146 Å². The lowest BCUT2D eigenvalue weighted by molar-refractivity contribution is 0.428. The summed E-state index contributed by atoms with van der Waals surface area (Å²) in [6, 6.07) is 3.23. The van der Waals surface area contributed by atoms with Gasteiger partial charge in [0, 0.05) is 18.0 Å². The van der Waals surface area contributed by atoms with Crippen molar-refractivity contribution in [1.82, 2.24) is 4.90 Å². The minimum absolute atomic E-state index is 0. The topological polar surface area (TPSA) is 102 Å². The first-order valence-electron chi connectivity index (χ1n) is 6.63. The van der Waals surface area contributed by atoms with Crippen LogP contribution in [-0.2, 0) is 16.6 Å². The quantitative estimate of drug-likeness (QED) is 0.421. The lowest BCUT2D eigenvalue weighted by Crippen LogP contribution is -2.38. The molecule has 0 spiro atoms. The minimum atomic E-state index is -3.62. The van der Waals surface area contributed by atoms with Gasteiger partial charge >= 0.3 is 0 Å². The van der Waals surface area contributed by atoms with Crippen LogP contribution < -0.4 is 10.9 Å². The van der Waals surface area contributed by atoms with E-state index in [1.54, 1.807) is 6.07 Å². The second-order valence-corrected chi connectivity index (χ2v) is 7.80. The molecule has 2 heterocycles. The molecule has 6 nitrogen and oxygen atoms in total. The van der Waals surface area contributed by atoms with Crippen LogP contribution >= 0.6 is 35.3 Å². The number of hydrogen-bond acceptors (Lipinski definition) is 4. The molecule has 9 heteroatoms. The number of rotatable bonds is 3. The van der Waals surface area contributed by atoms with Crippen LogP contribution in [0, 0.1) is 0 Å². The van der Waals surface area contributed by atoms with E-state index in [1.807, 2.05) is 0 Å². The fourth-order valence-electron chi connectivity index (χ4n) is 2.15. The molecule has 21 heavy (non-hydrogen) atoms. The van der Waals surface area contributed by atoms with Crippen LogP contribution in [0.2, 0.25) is 0 Å². The number of likely N-dealkylation sites (tertiary alicyclic amines) is 1. The number of thiophene rings is 1. The van der Waals surface area contributed by atoms with Gasteiger partial charge in [0.2, 0.25) is 10.0 Å². The second-order valence-electron chi connectivity index (χ2n) is 4.84. The number of nitrogens with zero attached hydrogens (tertiary/aromatic N) is 2. The Morgan fingerprint density at radius 3 is 2.38 bits per heavy atom. The van der Waals surface area contributed by atoms with Gasteiger partial charge in [-0.1, -0.05) is 12.8 Å². The van der Waals surface area contributed by atoms with Crippen LogP contribution in [0.5, 0.6) is 0 Å². The zero-order chi connectivity index (χ0) is 14.6. The molecule has 0 bridgehead atoms. The van der Waals surface area contributed by atoms with Crippen molar-refractivity contribution >= 4 is 51.3 Å². The lowest BCUT2D eigenvalue weighted by atomic mass is 10.2. The number of primary sulfonamides is 1. The molecule has 0 aromatic carbocycles. The standard InChI is InChI=1S/C12H20N4O2S2.HI/c13-12(16-7-3-1-2-4-8-16)15-9-10-5-6-11(19-10)20(14,17)18;/h5-6H,1-4,7-9H2,(H2,13,15)(H2,14,17,18);1H. The average Bonchev–Trinajstić information content (AvgIpc) is 2.70. The predicted octanol–water partition coefficient (Wildman–Crippen LogP) is 1.70. The van der Waals surface area contributed by atoms with Gasteiger partial charge < -0.3 is 10.6 Å². The summed E-state index contributed by atoms with van der Waals surface area (Å²) in [5.74, 6) is 0.539. The summed E-state index contributed by atoms with van der Waals surface area (Å²) in [6.07, 6.45) is 4.77. The summed E-state index contributed by atoms with van der Waals surface area (Å²) >= 11 is 1.14. The Hall–Kier alpha value is -0.390. The normalized spacial score (nSPS) is 17.2. The Morgan fingerprint density at radius 2 is 1.86 bits per heavy atom. The summed E-state index contributed by atoms with van der Waals surface area (Å²) < 4.78 is 22.5. The van der Waals surface area contributed by atoms with Crippen molar-refractivity contribution in [2.45, 2.75) is 36.4 Å². The van der Waals surface area contributed by atoms with E-state index in [0.717, 1.165) is 42.1 Å². The van der Waals surface area contributed by atoms with Crippen LogP contribution in [-0.4, -0.2) is 32.4 Å². The van der Waals surface area contributed by atoms with E-state index in [2.05, 4.69) is 9.89 Å². The fraction of sp³-hybridized carbons (Fsp3) is 0.583. The van der Waals surface area contributed by atoms with Crippen molar-refractivity contribution in [2.24, 2.45) is 15.9 Å². The van der Waals surface area contributed by atoms with Gasteiger partial charge in [-0.2, -0.15) is 0 Å². The lowest BCUT2D eigenvalue weighted by Gasteiger charge is -2.20. The van der Waals surface area contributed by atoms with Crippen LogP contribution in [0.3, 0.4) is 0 Å². The van der Waals surface area contributed by atoms with Gasteiger partial charge in [0.1, 0.15) is 4.21 Å². The van der Waals surface area contributed by atoms with Gasteiger partial charge in [-0.25, -0.2) is 18.5 Å². The highest BCUT2D eigenvalue weighted by Crippen LogP contribution is 2.21. The molecule has 0 radical (unpaired) electrons. The molecule has 1 aromatic rings. The van der Waals surface area contributed by atoms with E-state index in [4.69, 9.17) is 10.9 Å². The first-order valence-corrected chi connectivity index (χ1v) is 8.99. The molecule has 1 aliphatic heterocycles. The fourth-order valence-corrected chi connectivity index (χ4v) is 3.86. The third-order valence-corrected chi connectivity index (χ3v) is 5.75. The molecule has 2 rings (SSSR count). The highest BCUT2D eigenvalue weighted by atomic mass is 127. The van der Waals surface area contributed by atoms with Crippen LogP contribution in [0.4, 0.5) is 0 Å². The molecule has 1 aliphatic rings. The Morgan fingerprint density at radius 1 is 1.24 bits per heavy atom. The maximum atomic E-state index is 11.2. The number of hydrogen-bond donors (Lipinski definition) is 2. The molecule has 1 saturated heterocycles. The number of sulfonamides is 1. The van der Waals surface area contributed by atoms with Crippen molar-refractivity contribution in [1.29, 1.82) is 0 Å². The monoisotopic (exact) mass is 444 g/mol. The molecule has 4 N–H and O–H groups in total. The van der Waals surface area contributed by atoms with Gasteiger partial charge in [-0.15, -0.1) is 35.3 Å². The number of guanidine groups is 1. The summed E-state index contributed by atoms with van der Waals surface area (Å²) in [4.78, 5) is 7.29. The zero-order valence-corrected chi connectivity index (χ0v) is 15.7. The van der Waals surface area contributed by atoms with E-state index in [0.29, 0.717) is 12.5 Å². The van der Waals surface area contributed by atoms with E-state index in [-0.39, 0.29) is 28.2 Å². The van der Waals surface area contributed by atoms with Crippen LogP contribution in [0.25, 0.3) is 0 Å². The van der Waals surface area contributed by atoms with Crippen LogP contribution in [0.15, 0.2) is 21.3 Å². The molecule has 120 valence electrons. The summed E-state index contributed by atoms with van der Waals surface area (Å²) in [6.45, 7) is 2.28. The summed E-state index contributed by atoms with van der Waals surface area (Å²) in [5, 5.41) is 5.07. The third-order valence-electron chi connectivity index (χ3n) is 3.24. The van der Waals surface area contributed by atoms with Gasteiger partial charge in [-0.3, -0.25) is 0 Å². The largest absolute Gasteiger partial charge is 0.370 e. The maximum absolute atomic E-state index is 11.2. The maximum Gasteiger partial charge on any atom is 0.247 e. The van der Waals surface area contributed by atoms with Gasteiger partial charge in [0.05, 0.1) is 6.54 Å². The van der Waals surface area contributed by atoms with Crippen molar-refractivity contribution in [2.75, 3.05) is 13.1 Å². The van der Waals surface area contributed by atoms with Crippen molar-refractivity contribution in [3.05, 3.63) is 17.0 Å². The molecule has 0 amide bonds. The van der Waals surface area contributed by atoms with Crippen molar-refractivity contribution in [3.63, 3.8) is 0 Å². The molecule has 0 atom stereocenters.